The molecule has 8 fully saturated rings. The maximum Gasteiger partial charge on any atom is -0.0383 e. The van der Waals surface area contributed by atoms with Crippen molar-refractivity contribution in [3.63, 3.8) is 0 Å². The molecular formula is C47H80. The fourth-order valence-corrected chi connectivity index (χ4v) is 15.5. The number of hydrogen-bond acceptors (Lipinski definition) is 0. The van der Waals surface area contributed by atoms with E-state index >= 15 is 0 Å². The molecule has 268 valence electrons. The van der Waals surface area contributed by atoms with Gasteiger partial charge in [0.1, 0.15) is 0 Å². The quantitative estimate of drug-likeness (QED) is 0.270. The molecule has 0 aromatic rings. The van der Waals surface area contributed by atoms with Crippen LogP contribution in [0.1, 0.15) is 206 Å². The lowest BCUT2D eigenvalue weighted by atomic mass is 9.57. The Kier molecular flexibility index (Phi) is 11.7. The van der Waals surface area contributed by atoms with E-state index in [1.165, 1.54) is 19.3 Å². The maximum atomic E-state index is 2.49. The highest BCUT2D eigenvalue weighted by Gasteiger charge is 2.43. The van der Waals surface area contributed by atoms with Crippen molar-refractivity contribution in [1.82, 2.24) is 0 Å². The first-order valence-electron chi connectivity index (χ1n) is 23.2. The fraction of sp³-hybridized carbons (Fsp3) is 1.00. The van der Waals surface area contributed by atoms with Crippen LogP contribution < -0.4 is 0 Å². The standard InChI is InChI=1S/C47H80/c1-33-7-9-35(10-8-33)37-15-17-39(18-16-37)41-21-25-43(26-22-41)45-28-30-46-31-44(27-29-47(46)32-45)42-23-19-40(20-24-42)38-13-11-36(12-14-38)34-5-3-2-4-6-34/h33-47H,2-32H2,1H3. The molecule has 4 unspecified atom stereocenters. The van der Waals surface area contributed by atoms with Crippen LogP contribution in [0.3, 0.4) is 0 Å². The van der Waals surface area contributed by atoms with Gasteiger partial charge in [0.15, 0.2) is 0 Å². The molecule has 0 aromatic carbocycles. The highest BCUT2D eigenvalue weighted by atomic mass is 14.5. The highest BCUT2D eigenvalue weighted by Crippen LogP contribution is 2.54. The van der Waals surface area contributed by atoms with Crippen LogP contribution in [0.2, 0.25) is 0 Å². The van der Waals surface area contributed by atoms with Gasteiger partial charge in [-0.05, 0) is 243 Å². The first-order chi connectivity index (χ1) is 23.2. The van der Waals surface area contributed by atoms with Crippen molar-refractivity contribution in [2.24, 2.45) is 88.8 Å². The van der Waals surface area contributed by atoms with E-state index in [2.05, 4.69) is 6.92 Å². The number of rotatable bonds is 6. The van der Waals surface area contributed by atoms with Crippen molar-refractivity contribution in [2.45, 2.75) is 206 Å². The lowest BCUT2D eigenvalue weighted by Gasteiger charge is -2.48. The van der Waals surface area contributed by atoms with Crippen LogP contribution in [-0.2, 0) is 0 Å². The third kappa shape index (κ3) is 8.23. The van der Waals surface area contributed by atoms with Gasteiger partial charge in [-0.2, -0.15) is 0 Å². The summed E-state index contributed by atoms with van der Waals surface area (Å²) in [7, 11) is 0. The largest absolute Gasteiger partial charge is 0.0625 e. The molecule has 0 radical (unpaired) electrons. The second-order valence-electron chi connectivity index (χ2n) is 20.8. The molecule has 0 heterocycles. The Balaban J connectivity index is 0.719. The lowest BCUT2D eigenvalue weighted by molar-refractivity contribution is 0.0274. The topological polar surface area (TPSA) is 0 Å². The van der Waals surface area contributed by atoms with Crippen molar-refractivity contribution in [1.29, 1.82) is 0 Å². The molecule has 0 saturated heterocycles. The summed E-state index contributed by atoms with van der Waals surface area (Å²) in [5, 5.41) is 0. The van der Waals surface area contributed by atoms with Gasteiger partial charge >= 0.3 is 0 Å². The zero-order valence-electron chi connectivity index (χ0n) is 31.6. The molecule has 0 amide bonds. The zero-order valence-corrected chi connectivity index (χ0v) is 31.6. The molecule has 0 nitrogen and oxygen atoms in total. The summed E-state index contributed by atoms with van der Waals surface area (Å²) in [4.78, 5) is 0. The summed E-state index contributed by atoms with van der Waals surface area (Å²) in [6.07, 6.45) is 49.4. The van der Waals surface area contributed by atoms with E-state index in [4.69, 9.17) is 0 Å². The summed E-state index contributed by atoms with van der Waals surface area (Å²) in [6, 6.07) is 0. The maximum absolute atomic E-state index is 2.49. The van der Waals surface area contributed by atoms with Gasteiger partial charge in [-0.3, -0.25) is 0 Å². The van der Waals surface area contributed by atoms with Crippen LogP contribution in [-0.4, -0.2) is 0 Å². The van der Waals surface area contributed by atoms with E-state index in [1.807, 2.05) is 0 Å². The van der Waals surface area contributed by atoms with Gasteiger partial charge in [-0.1, -0.05) is 51.9 Å². The Morgan fingerprint density at radius 3 is 0.681 bits per heavy atom. The Labute approximate surface area is 293 Å². The summed E-state index contributed by atoms with van der Waals surface area (Å²) in [5.74, 6) is 16.6. The molecule has 0 spiro atoms. The zero-order chi connectivity index (χ0) is 31.6. The van der Waals surface area contributed by atoms with Crippen LogP contribution in [0.25, 0.3) is 0 Å². The Bertz CT molecular complexity index is 904. The van der Waals surface area contributed by atoms with E-state index in [-0.39, 0.29) is 0 Å². The molecule has 0 N–H and O–H groups in total. The van der Waals surface area contributed by atoms with Crippen molar-refractivity contribution in [3.05, 3.63) is 0 Å². The van der Waals surface area contributed by atoms with E-state index < -0.39 is 0 Å². The third-order valence-corrected chi connectivity index (χ3v) is 18.7. The van der Waals surface area contributed by atoms with Gasteiger partial charge in [0.2, 0.25) is 0 Å². The van der Waals surface area contributed by atoms with Gasteiger partial charge in [-0.15, -0.1) is 0 Å². The average molecular weight is 645 g/mol. The highest BCUT2D eigenvalue weighted by molar-refractivity contribution is 4.94. The van der Waals surface area contributed by atoms with Crippen LogP contribution in [0.4, 0.5) is 0 Å². The van der Waals surface area contributed by atoms with Crippen molar-refractivity contribution in [2.75, 3.05) is 0 Å². The smallest absolute Gasteiger partial charge is 0.0383 e. The first kappa shape index (κ1) is 34.1. The van der Waals surface area contributed by atoms with Gasteiger partial charge in [0.05, 0.1) is 0 Å². The van der Waals surface area contributed by atoms with Gasteiger partial charge in [-0.25, -0.2) is 0 Å². The lowest BCUT2D eigenvalue weighted by Crippen LogP contribution is -2.37. The van der Waals surface area contributed by atoms with Crippen molar-refractivity contribution < 1.29 is 0 Å². The van der Waals surface area contributed by atoms with Gasteiger partial charge < -0.3 is 0 Å². The van der Waals surface area contributed by atoms with Crippen LogP contribution >= 0.6 is 0 Å². The van der Waals surface area contributed by atoms with Crippen LogP contribution in [0.15, 0.2) is 0 Å². The molecule has 0 aromatic heterocycles. The van der Waals surface area contributed by atoms with E-state index in [1.54, 1.807) is 180 Å². The minimum Gasteiger partial charge on any atom is -0.0625 e. The number of fused-ring (bicyclic) bond motifs is 1. The predicted octanol–water partition coefficient (Wildman–Crippen LogP) is 14.5. The van der Waals surface area contributed by atoms with Crippen LogP contribution in [0, 0.1) is 88.8 Å². The van der Waals surface area contributed by atoms with Crippen LogP contribution in [0.5, 0.6) is 0 Å². The molecular weight excluding hydrogens is 565 g/mol. The third-order valence-electron chi connectivity index (χ3n) is 18.7. The average Bonchev–Trinajstić information content (AvgIpc) is 3.15. The fourth-order valence-electron chi connectivity index (χ4n) is 15.5. The predicted molar refractivity (Wildman–Crippen MR) is 201 cm³/mol. The van der Waals surface area contributed by atoms with E-state index in [0.29, 0.717) is 0 Å². The Morgan fingerprint density at radius 1 is 0.191 bits per heavy atom. The summed E-state index contributed by atoms with van der Waals surface area (Å²) in [6.45, 7) is 2.49. The second-order valence-corrected chi connectivity index (χ2v) is 20.8. The van der Waals surface area contributed by atoms with Crippen molar-refractivity contribution in [3.8, 4) is 0 Å². The Hall–Kier alpha value is 0. The van der Waals surface area contributed by atoms with E-state index in [9.17, 15) is 0 Å². The normalized spacial score (nSPS) is 49.2. The summed E-state index contributed by atoms with van der Waals surface area (Å²) in [5.41, 5.74) is 0. The Morgan fingerprint density at radius 2 is 0.383 bits per heavy atom. The molecule has 47 heavy (non-hydrogen) atoms. The van der Waals surface area contributed by atoms with Crippen molar-refractivity contribution >= 4 is 0 Å². The monoisotopic (exact) mass is 645 g/mol. The minimum atomic E-state index is 1.02. The summed E-state index contributed by atoms with van der Waals surface area (Å²) >= 11 is 0. The molecule has 0 heteroatoms. The SMILES string of the molecule is CC1CCC(C2CCC(C3CCC(C4CCC5CC(C6CCC(C7CCC(C8CCCCC8)CC7)CC6)CCC5C4)CC3)CC2)CC1. The molecule has 8 aliphatic carbocycles. The molecule has 4 atom stereocenters. The minimum absolute atomic E-state index is 1.02. The number of hydrogen-bond donors (Lipinski definition) is 0. The molecule has 8 rings (SSSR count). The second kappa shape index (κ2) is 16.1. The first-order valence-corrected chi connectivity index (χ1v) is 23.2. The molecule has 8 saturated carbocycles. The van der Waals surface area contributed by atoms with E-state index in [0.717, 1.165) is 88.8 Å². The molecule has 0 aliphatic heterocycles. The molecule has 8 aliphatic rings. The summed E-state index contributed by atoms with van der Waals surface area (Å²) < 4.78 is 0. The molecule has 0 bridgehead atoms. The van der Waals surface area contributed by atoms with Gasteiger partial charge in [0.25, 0.3) is 0 Å². The van der Waals surface area contributed by atoms with Gasteiger partial charge in [0, 0.05) is 0 Å².